The first-order valence-electron chi connectivity index (χ1n) is 9.67. The van der Waals surface area contributed by atoms with E-state index in [0.717, 1.165) is 12.2 Å². The molecule has 0 aromatic carbocycles. The second kappa shape index (κ2) is 11.9. The van der Waals surface area contributed by atoms with Gasteiger partial charge < -0.3 is 14.3 Å². The van der Waals surface area contributed by atoms with Gasteiger partial charge in [-0.05, 0) is 32.3 Å². The van der Waals surface area contributed by atoms with Crippen molar-refractivity contribution in [1.82, 2.24) is 5.32 Å². The van der Waals surface area contributed by atoms with Crippen LogP contribution in [0.3, 0.4) is 0 Å². The molecule has 1 atom stereocenters. The molecule has 0 saturated heterocycles. The molecule has 1 amide bonds. The number of amides is 1. The lowest BCUT2D eigenvalue weighted by Gasteiger charge is -2.11. The van der Waals surface area contributed by atoms with Crippen molar-refractivity contribution >= 4 is 11.9 Å². The smallest absolute Gasteiger partial charge is 0.410 e. The molecule has 0 aliphatic heterocycles. The zero-order valence-corrected chi connectivity index (χ0v) is 18.2. The van der Waals surface area contributed by atoms with Crippen LogP contribution in [0.2, 0.25) is 0 Å². The van der Waals surface area contributed by atoms with E-state index in [1.54, 1.807) is 13.0 Å². The lowest BCUT2D eigenvalue weighted by atomic mass is 9.99. The summed E-state index contributed by atoms with van der Waals surface area (Å²) < 4.78 is 46.7. The fourth-order valence-electron chi connectivity index (χ4n) is 2.62. The number of aromatic hydroxyl groups is 1. The second-order valence-corrected chi connectivity index (χ2v) is 7.20. The molecule has 7 nitrogen and oxygen atoms in total. The Labute approximate surface area is 183 Å². The van der Waals surface area contributed by atoms with Crippen molar-refractivity contribution in [3.63, 3.8) is 0 Å². The number of hydrogen-bond acceptors (Lipinski definition) is 6. The summed E-state index contributed by atoms with van der Waals surface area (Å²) >= 11 is 0. The summed E-state index contributed by atoms with van der Waals surface area (Å²) in [6.45, 7) is 4.34. The number of ether oxygens (including phenoxy) is 1. The zero-order valence-electron chi connectivity index (χ0n) is 18.2. The van der Waals surface area contributed by atoms with Gasteiger partial charge >= 0.3 is 17.9 Å². The monoisotopic (exact) mass is 457 g/mol. The lowest BCUT2D eigenvalue weighted by molar-refractivity contribution is -0.127. The van der Waals surface area contributed by atoms with Crippen LogP contribution in [0.1, 0.15) is 62.1 Å². The van der Waals surface area contributed by atoms with Crippen LogP contribution in [0.15, 0.2) is 50.9 Å². The van der Waals surface area contributed by atoms with Crippen molar-refractivity contribution < 1.29 is 37.0 Å². The minimum atomic E-state index is -4.37. The highest BCUT2D eigenvalue weighted by Crippen LogP contribution is 2.26. The summed E-state index contributed by atoms with van der Waals surface area (Å²) in [6, 6.07) is 1.17. The third-order valence-corrected chi connectivity index (χ3v) is 4.39. The number of carbonyl (C=O) groups is 2. The minimum Gasteiger partial charge on any atom is -0.507 e. The number of alkyl carbamates (subject to hydrolysis) is 1. The Kier molecular flexibility index (Phi) is 9.96. The molecule has 0 radical (unpaired) electrons. The molecule has 32 heavy (non-hydrogen) atoms. The quantitative estimate of drug-likeness (QED) is 0.303. The summed E-state index contributed by atoms with van der Waals surface area (Å²) in [7, 11) is 1.23. The van der Waals surface area contributed by atoms with Gasteiger partial charge in [-0.25, -0.2) is 9.59 Å². The first kappa shape index (κ1) is 26.7. The van der Waals surface area contributed by atoms with Gasteiger partial charge in [-0.2, -0.15) is 13.2 Å². The van der Waals surface area contributed by atoms with E-state index in [0.29, 0.717) is 12.8 Å². The standard InChI is InChI=1S/C22H26F3NO6/c1-13(12-22(23,24)25)8-9-15(3)19(28)18-16(27)11-17(32-20(18)29)14(2)7-5-6-10-26-21(30)31-4/h6,8-11,14,27H,5,7,12H2,1-4H3,(H,26,30)/b10-6+,13-8+,15-9+. The Morgan fingerprint density at radius 3 is 2.50 bits per heavy atom. The minimum absolute atomic E-state index is 0.0130. The Morgan fingerprint density at radius 1 is 1.28 bits per heavy atom. The number of hydrogen-bond donors (Lipinski definition) is 2. The van der Waals surface area contributed by atoms with Crippen LogP contribution >= 0.6 is 0 Å². The second-order valence-electron chi connectivity index (χ2n) is 7.20. The van der Waals surface area contributed by atoms with Gasteiger partial charge in [-0.15, -0.1) is 0 Å². The highest BCUT2D eigenvalue weighted by Gasteiger charge is 2.27. The number of allylic oxidation sites excluding steroid dienone is 5. The van der Waals surface area contributed by atoms with Gasteiger partial charge in [-0.1, -0.05) is 30.7 Å². The molecule has 1 aromatic rings. The summed E-state index contributed by atoms with van der Waals surface area (Å²) in [5.74, 6) is -1.53. The number of halogens is 3. The fourth-order valence-corrected chi connectivity index (χ4v) is 2.62. The molecule has 1 heterocycles. The SMILES string of the molecule is COC(=O)N/C=C/CCC(C)c1cc(O)c(C(=O)/C(C)=C/C=C(\C)CC(F)(F)F)c(=O)o1. The average Bonchev–Trinajstić information content (AvgIpc) is 2.69. The maximum absolute atomic E-state index is 12.5. The number of ketones is 1. The number of rotatable bonds is 9. The van der Waals surface area contributed by atoms with Gasteiger partial charge in [0.25, 0.3) is 0 Å². The molecule has 2 N–H and O–H groups in total. The number of nitrogens with one attached hydrogen (secondary N) is 1. The maximum atomic E-state index is 12.5. The molecule has 10 heteroatoms. The molecule has 0 saturated carbocycles. The van der Waals surface area contributed by atoms with E-state index in [2.05, 4.69) is 10.1 Å². The predicted octanol–water partition coefficient (Wildman–Crippen LogP) is 5.13. The van der Waals surface area contributed by atoms with E-state index in [4.69, 9.17) is 4.42 Å². The molecule has 176 valence electrons. The highest BCUT2D eigenvalue weighted by atomic mass is 19.4. The Morgan fingerprint density at radius 2 is 1.94 bits per heavy atom. The van der Waals surface area contributed by atoms with Crippen LogP contribution in [-0.4, -0.2) is 30.3 Å². The van der Waals surface area contributed by atoms with Gasteiger partial charge in [0.15, 0.2) is 5.78 Å². The molecule has 1 unspecified atom stereocenters. The third-order valence-electron chi connectivity index (χ3n) is 4.39. The lowest BCUT2D eigenvalue weighted by Crippen LogP contribution is -2.17. The van der Waals surface area contributed by atoms with Crippen LogP contribution in [0.4, 0.5) is 18.0 Å². The molecule has 0 aliphatic carbocycles. The molecule has 1 aromatic heterocycles. The zero-order chi connectivity index (χ0) is 24.5. The van der Waals surface area contributed by atoms with Crippen LogP contribution in [0.25, 0.3) is 0 Å². The summed E-state index contributed by atoms with van der Waals surface area (Å²) in [5.41, 5.74) is -1.67. The number of carbonyl (C=O) groups excluding carboxylic acids is 2. The molecular formula is C22H26F3NO6. The number of methoxy groups -OCH3 is 1. The van der Waals surface area contributed by atoms with Gasteiger partial charge in [0, 0.05) is 18.2 Å². The van der Waals surface area contributed by atoms with E-state index < -0.39 is 41.4 Å². The Hall–Kier alpha value is -3.30. The van der Waals surface area contributed by atoms with Crippen molar-refractivity contribution in [1.29, 1.82) is 0 Å². The number of alkyl halides is 3. The van der Waals surface area contributed by atoms with E-state index in [1.165, 1.54) is 33.2 Å². The van der Waals surface area contributed by atoms with Crippen LogP contribution in [0.5, 0.6) is 5.75 Å². The topological polar surface area (TPSA) is 106 Å². The van der Waals surface area contributed by atoms with Gasteiger partial charge in [0.05, 0.1) is 13.5 Å². The van der Waals surface area contributed by atoms with Gasteiger partial charge in [-0.3, -0.25) is 10.1 Å². The molecule has 0 bridgehead atoms. The van der Waals surface area contributed by atoms with Crippen molar-refractivity contribution in [2.75, 3.05) is 7.11 Å². The predicted molar refractivity (Wildman–Crippen MR) is 111 cm³/mol. The maximum Gasteiger partial charge on any atom is 0.410 e. The first-order valence-corrected chi connectivity index (χ1v) is 9.67. The summed E-state index contributed by atoms with van der Waals surface area (Å²) in [5, 5.41) is 12.6. The first-order chi connectivity index (χ1) is 14.9. The summed E-state index contributed by atoms with van der Waals surface area (Å²) in [6.07, 6.45) is 0.302. The van der Waals surface area contributed by atoms with E-state index in [9.17, 15) is 32.7 Å². The molecule has 1 rings (SSSR count). The van der Waals surface area contributed by atoms with Crippen molar-refractivity contribution in [2.24, 2.45) is 0 Å². The van der Waals surface area contributed by atoms with Crippen LogP contribution in [-0.2, 0) is 4.74 Å². The fraction of sp³-hybridized carbons (Fsp3) is 0.409. The molecule has 0 spiro atoms. The number of Topliss-reactive ketones (excluding diaryl/α,β-unsaturated/α-hetero) is 1. The Bertz CT molecular complexity index is 973. The van der Waals surface area contributed by atoms with Crippen molar-refractivity contribution in [3.8, 4) is 5.75 Å². The van der Waals surface area contributed by atoms with Gasteiger partial charge in [0.2, 0.25) is 0 Å². The van der Waals surface area contributed by atoms with Crippen molar-refractivity contribution in [2.45, 2.75) is 52.1 Å². The van der Waals surface area contributed by atoms with Crippen LogP contribution in [0, 0.1) is 0 Å². The molecule has 0 fully saturated rings. The third kappa shape index (κ3) is 8.83. The van der Waals surface area contributed by atoms with E-state index in [1.807, 2.05) is 0 Å². The average molecular weight is 457 g/mol. The van der Waals surface area contributed by atoms with Gasteiger partial charge in [0.1, 0.15) is 17.1 Å². The Balaban J connectivity index is 2.92. The molecule has 0 aliphatic rings. The summed E-state index contributed by atoms with van der Waals surface area (Å²) in [4.78, 5) is 35.7. The largest absolute Gasteiger partial charge is 0.507 e. The van der Waals surface area contributed by atoms with E-state index >= 15 is 0 Å². The normalized spacial score (nSPS) is 13.8. The van der Waals surface area contributed by atoms with Crippen molar-refractivity contribution in [3.05, 3.63) is 63.4 Å². The van der Waals surface area contributed by atoms with Crippen LogP contribution < -0.4 is 10.9 Å². The molecular weight excluding hydrogens is 431 g/mol. The highest BCUT2D eigenvalue weighted by molar-refractivity contribution is 6.09. The van der Waals surface area contributed by atoms with E-state index in [-0.39, 0.29) is 22.8 Å².